The fourth-order valence-corrected chi connectivity index (χ4v) is 3.97. The van der Waals surface area contributed by atoms with Gasteiger partial charge in [-0.15, -0.1) is 0 Å². The number of carboxylic acid groups (broad SMARTS) is 1. The van der Waals surface area contributed by atoms with Crippen LogP contribution in [-0.2, 0) is 0 Å². The third-order valence-corrected chi connectivity index (χ3v) is 5.66. The zero-order valence-corrected chi connectivity index (χ0v) is 18.4. The summed E-state index contributed by atoms with van der Waals surface area (Å²) in [5, 5.41) is 18.4. The molecular formula is C27H23NO5. The largest absolute Gasteiger partial charge is 0.492 e. The minimum atomic E-state index is -1.00. The first kappa shape index (κ1) is 22.1. The average Bonchev–Trinajstić information content (AvgIpc) is 2.82. The van der Waals surface area contributed by atoms with Crippen molar-refractivity contribution in [1.29, 1.82) is 5.26 Å². The van der Waals surface area contributed by atoms with Crippen molar-refractivity contribution in [3.8, 4) is 17.6 Å². The summed E-state index contributed by atoms with van der Waals surface area (Å²) in [4.78, 5) is 23.7. The van der Waals surface area contributed by atoms with Gasteiger partial charge in [-0.1, -0.05) is 38.1 Å². The van der Waals surface area contributed by atoms with Gasteiger partial charge in [0, 0.05) is 12.0 Å². The smallest absolute Gasteiger partial charge is 0.335 e. The van der Waals surface area contributed by atoms with Crippen LogP contribution in [0.5, 0.6) is 11.5 Å². The molecule has 166 valence electrons. The van der Waals surface area contributed by atoms with Crippen molar-refractivity contribution in [3.63, 3.8) is 0 Å². The number of carbonyl (C=O) groups is 2. The highest BCUT2D eigenvalue weighted by Gasteiger charge is 2.27. The van der Waals surface area contributed by atoms with Gasteiger partial charge in [0.25, 0.3) is 0 Å². The molecule has 0 amide bonds. The number of hydrogen-bond donors (Lipinski definition) is 1. The molecule has 0 saturated carbocycles. The van der Waals surface area contributed by atoms with E-state index in [1.165, 1.54) is 12.1 Å². The lowest BCUT2D eigenvalue weighted by atomic mass is 9.93. The number of Topliss-reactive ketones (excluding diaryl/α,β-unsaturated/α-hetero) is 1. The predicted molar refractivity (Wildman–Crippen MR) is 122 cm³/mol. The van der Waals surface area contributed by atoms with Gasteiger partial charge in [0.1, 0.15) is 17.6 Å². The number of nitriles is 1. The second-order valence-corrected chi connectivity index (χ2v) is 8.19. The molecule has 0 aromatic heterocycles. The number of nitrogens with zero attached hydrogens (tertiary/aromatic N) is 1. The lowest BCUT2D eigenvalue weighted by molar-refractivity contribution is 0.0696. The van der Waals surface area contributed by atoms with E-state index in [1.54, 1.807) is 36.4 Å². The van der Waals surface area contributed by atoms with Crippen LogP contribution < -0.4 is 9.47 Å². The van der Waals surface area contributed by atoms with Crippen LogP contribution in [0, 0.1) is 11.3 Å². The Balaban J connectivity index is 1.80. The maximum atomic E-state index is 12.4. The number of fused-ring (bicyclic) bond motifs is 1. The van der Waals surface area contributed by atoms with E-state index in [2.05, 4.69) is 6.07 Å². The van der Waals surface area contributed by atoms with Crippen molar-refractivity contribution in [2.45, 2.75) is 32.3 Å². The lowest BCUT2D eigenvalue weighted by Crippen LogP contribution is -2.18. The monoisotopic (exact) mass is 441 g/mol. The number of hydrogen-bond acceptors (Lipinski definition) is 5. The molecule has 1 N–H and O–H groups in total. The fraction of sp³-hybridized carbons (Fsp3) is 0.222. The standard InChI is InChI=1S/C27H23NO5/c1-16(2)24-23(12-11-21-22(29)13-14-32-26(21)24)33-25(18-5-3-17(15-28)4-6-18)19-7-9-20(10-8-19)27(30)31/h3-12,16,25H,13-14H2,1-2H3,(H,30,31)/t25-/m1/s1. The fourth-order valence-electron chi connectivity index (χ4n) is 3.97. The van der Waals surface area contributed by atoms with Gasteiger partial charge in [-0.2, -0.15) is 5.26 Å². The van der Waals surface area contributed by atoms with Crippen molar-refractivity contribution in [2.24, 2.45) is 0 Å². The molecule has 1 heterocycles. The molecule has 3 aromatic rings. The van der Waals surface area contributed by atoms with E-state index >= 15 is 0 Å². The SMILES string of the molecule is CC(C)c1c(O[C@H](c2ccc(C#N)cc2)c2ccc(C(=O)O)cc2)ccc2c1OCCC2=O. The van der Waals surface area contributed by atoms with E-state index in [0.717, 1.165) is 16.7 Å². The highest BCUT2D eigenvalue weighted by atomic mass is 16.5. The zero-order chi connectivity index (χ0) is 23.5. The molecule has 0 spiro atoms. The molecule has 0 radical (unpaired) electrons. The van der Waals surface area contributed by atoms with Crippen LogP contribution in [-0.4, -0.2) is 23.5 Å². The molecule has 1 aliphatic rings. The summed E-state index contributed by atoms with van der Waals surface area (Å²) >= 11 is 0. The Morgan fingerprint density at radius 2 is 1.67 bits per heavy atom. The van der Waals surface area contributed by atoms with E-state index in [9.17, 15) is 14.7 Å². The summed E-state index contributed by atoms with van der Waals surface area (Å²) in [7, 11) is 0. The molecule has 1 aliphatic heterocycles. The number of rotatable bonds is 6. The Morgan fingerprint density at radius 1 is 1.03 bits per heavy atom. The summed E-state index contributed by atoms with van der Waals surface area (Å²) in [5.74, 6) is 0.249. The molecule has 0 aliphatic carbocycles. The first-order chi connectivity index (χ1) is 15.9. The van der Waals surface area contributed by atoms with Crippen molar-refractivity contribution in [1.82, 2.24) is 0 Å². The Labute approximate surface area is 192 Å². The number of ketones is 1. The predicted octanol–water partition coefficient (Wildman–Crippen LogP) is 5.51. The number of ether oxygens (including phenoxy) is 2. The van der Waals surface area contributed by atoms with Crippen LogP contribution in [0.2, 0.25) is 0 Å². The van der Waals surface area contributed by atoms with Crippen LogP contribution in [0.4, 0.5) is 0 Å². The second-order valence-electron chi connectivity index (χ2n) is 8.19. The minimum Gasteiger partial charge on any atom is -0.492 e. The van der Waals surface area contributed by atoms with Gasteiger partial charge in [-0.05, 0) is 53.4 Å². The molecule has 0 fully saturated rings. The normalized spacial score (nSPS) is 13.6. The van der Waals surface area contributed by atoms with E-state index in [-0.39, 0.29) is 17.3 Å². The zero-order valence-electron chi connectivity index (χ0n) is 18.4. The molecule has 6 heteroatoms. The molecule has 1 atom stereocenters. The Bertz CT molecular complexity index is 1240. The summed E-state index contributed by atoms with van der Waals surface area (Å²) in [5.41, 5.74) is 3.66. The van der Waals surface area contributed by atoms with E-state index in [1.807, 2.05) is 26.0 Å². The van der Waals surface area contributed by atoms with Crippen LogP contribution in [0.1, 0.15) is 75.3 Å². The summed E-state index contributed by atoms with van der Waals surface area (Å²) in [6.07, 6.45) is -0.204. The maximum Gasteiger partial charge on any atom is 0.335 e. The highest BCUT2D eigenvalue weighted by Crippen LogP contribution is 2.42. The number of benzene rings is 3. The first-order valence-electron chi connectivity index (χ1n) is 10.7. The van der Waals surface area contributed by atoms with Gasteiger partial charge < -0.3 is 14.6 Å². The molecule has 0 saturated heterocycles. The van der Waals surface area contributed by atoms with Crippen molar-refractivity contribution in [3.05, 3.63) is 94.0 Å². The molecule has 0 bridgehead atoms. The van der Waals surface area contributed by atoms with Crippen molar-refractivity contribution >= 4 is 11.8 Å². The van der Waals surface area contributed by atoms with Gasteiger partial charge >= 0.3 is 5.97 Å². The number of aromatic carboxylic acids is 1. The Hall–Kier alpha value is -4.11. The third-order valence-electron chi connectivity index (χ3n) is 5.66. The maximum absolute atomic E-state index is 12.4. The van der Waals surface area contributed by atoms with Crippen LogP contribution >= 0.6 is 0 Å². The average molecular weight is 441 g/mol. The summed E-state index contributed by atoms with van der Waals surface area (Å²) in [6, 6.07) is 19.2. The van der Waals surface area contributed by atoms with Crippen LogP contribution in [0.25, 0.3) is 0 Å². The van der Waals surface area contributed by atoms with E-state index in [0.29, 0.717) is 35.7 Å². The quantitative estimate of drug-likeness (QED) is 0.541. The molecule has 0 unspecified atom stereocenters. The van der Waals surface area contributed by atoms with Gasteiger partial charge in [-0.3, -0.25) is 4.79 Å². The molecular weight excluding hydrogens is 418 g/mol. The van der Waals surface area contributed by atoms with Crippen molar-refractivity contribution in [2.75, 3.05) is 6.61 Å². The van der Waals surface area contributed by atoms with E-state index < -0.39 is 12.1 Å². The molecule has 6 nitrogen and oxygen atoms in total. The van der Waals surface area contributed by atoms with Crippen LogP contribution in [0.15, 0.2) is 60.7 Å². The second kappa shape index (κ2) is 9.17. The Morgan fingerprint density at radius 3 is 2.24 bits per heavy atom. The molecule has 33 heavy (non-hydrogen) atoms. The summed E-state index contributed by atoms with van der Waals surface area (Å²) < 4.78 is 12.4. The highest BCUT2D eigenvalue weighted by molar-refractivity contribution is 6.00. The van der Waals surface area contributed by atoms with Gasteiger partial charge in [-0.25, -0.2) is 4.79 Å². The van der Waals surface area contributed by atoms with Gasteiger partial charge in [0.05, 0.1) is 29.4 Å². The first-order valence-corrected chi connectivity index (χ1v) is 10.7. The summed E-state index contributed by atoms with van der Waals surface area (Å²) in [6.45, 7) is 4.37. The van der Waals surface area contributed by atoms with Gasteiger partial charge in [0.2, 0.25) is 0 Å². The lowest BCUT2D eigenvalue weighted by Gasteiger charge is -2.27. The van der Waals surface area contributed by atoms with E-state index in [4.69, 9.17) is 14.7 Å². The third kappa shape index (κ3) is 4.44. The number of carbonyl (C=O) groups excluding carboxylic acids is 1. The molecule has 4 rings (SSSR count). The minimum absolute atomic E-state index is 0.0388. The van der Waals surface area contributed by atoms with Gasteiger partial charge in [0.15, 0.2) is 5.78 Å². The molecule has 3 aromatic carbocycles. The topological polar surface area (TPSA) is 96.6 Å². The number of carboxylic acids is 1. The van der Waals surface area contributed by atoms with Crippen molar-refractivity contribution < 1.29 is 24.2 Å². The Kier molecular flexibility index (Phi) is 6.14. The van der Waals surface area contributed by atoms with Crippen LogP contribution in [0.3, 0.4) is 0 Å².